The lowest BCUT2D eigenvalue weighted by Crippen LogP contribution is -2.37. The number of aromatic nitrogens is 3. The van der Waals surface area contributed by atoms with Gasteiger partial charge >= 0.3 is 0 Å². The number of rotatable bonds is 3. The lowest BCUT2D eigenvalue weighted by molar-refractivity contribution is 0.425. The van der Waals surface area contributed by atoms with Crippen LogP contribution in [0.5, 0.6) is 0 Å². The van der Waals surface area contributed by atoms with E-state index in [1.807, 2.05) is 0 Å². The molecule has 0 unspecified atom stereocenters. The van der Waals surface area contributed by atoms with Crippen molar-refractivity contribution in [2.45, 2.75) is 52.1 Å². The first-order valence-electron chi connectivity index (χ1n) is 5.72. The monoisotopic (exact) mass is 208 g/mol. The van der Waals surface area contributed by atoms with E-state index < -0.39 is 0 Å². The topological polar surface area (TPSA) is 42.7 Å². The summed E-state index contributed by atoms with van der Waals surface area (Å²) in [5.41, 5.74) is 0.188. The van der Waals surface area contributed by atoms with Crippen LogP contribution in [0.4, 0.5) is 0 Å². The number of fused-ring (bicyclic) bond motifs is 1. The molecule has 1 aromatic rings. The summed E-state index contributed by atoms with van der Waals surface area (Å²) < 4.78 is 2.27. The van der Waals surface area contributed by atoms with Crippen molar-refractivity contribution in [3.05, 3.63) is 11.6 Å². The maximum Gasteiger partial charge on any atom is 0.134 e. The minimum Gasteiger partial charge on any atom is -0.315 e. The quantitative estimate of drug-likeness (QED) is 0.810. The van der Waals surface area contributed by atoms with Crippen LogP contribution in [0.1, 0.15) is 38.8 Å². The van der Waals surface area contributed by atoms with Crippen LogP contribution in [0, 0.1) is 0 Å². The average molecular weight is 208 g/mol. The minimum absolute atomic E-state index is 0.188. The van der Waals surface area contributed by atoms with Gasteiger partial charge in [0, 0.05) is 31.5 Å². The summed E-state index contributed by atoms with van der Waals surface area (Å²) in [6.45, 7) is 8.62. The molecule has 0 atom stereocenters. The number of nitrogens with one attached hydrogen (secondary N) is 1. The van der Waals surface area contributed by atoms with E-state index in [1.165, 1.54) is 12.2 Å². The van der Waals surface area contributed by atoms with Crippen molar-refractivity contribution >= 4 is 0 Å². The Morgan fingerprint density at radius 2 is 2.13 bits per heavy atom. The van der Waals surface area contributed by atoms with Gasteiger partial charge in [0.2, 0.25) is 0 Å². The van der Waals surface area contributed by atoms with Crippen molar-refractivity contribution in [2.24, 2.45) is 0 Å². The highest BCUT2D eigenvalue weighted by molar-refractivity contribution is 5.01. The van der Waals surface area contributed by atoms with E-state index in [2.05, 4.69) is 40.9 Å². The third-order valence-electron chi connectivity index (χ3n) is 2.69. The molecule has 1 N–H and O–H groups in total. The smallest absolute Gasteiger partial charge is 0.134 e. The SMILES string of the molecule is CC(C)(C)NCCc1nnc2n1CCC2. The van der Waals surface area contributed by atoms with Crippen LogP contribution in [-0.2, 0) is 19.4 Å². The Labute approximate surface area is 91.1 Å². The molecule has 84 valence electrons. The van der Waals surface area contributed by atoms with E-state index in [1.54, 1.807) is 0 Å². The summed E-state index contributed by atoms with van der Waals surface area (Å²) in [5.74, 6) is 2.31. The van der Waals surface area contributed by atoms with Crippen molar-refractivity contribution in [3.63, 3.8) is 0 Å². The van der Waals surface area contributed by atoms with Gasteiger partial charge in [0.15, 0.2) is 0 Å². The van der Waals surface area contributed by atoms with E-state index in [0.717, 1.165) is 31.8 Å². The largest absolute Gasteiger partial charge is 0.315 e. The van der Waals surface area contributed by atoms with E-state index in [-0.39, 0.29) is 5.54 Å². The highest BCUT2D eigenvalue weighted by Crippen LogP contribution is 2.14. The maximum atomic E-state index is 4.23. The second-order valence-corrected chi connectivity index (χ2v) is 5.21. The van der Waals surface area contributed by atoms with Crippen LogP contribution in [0.15, 0.2) is 0 Å². The zero-order valence-corrected chi connectivity index (χ0v) is 9.88. The summed E-state index contributed by atoms with van der Waals surface area (Å²) in [6, 6.07) is 0. The molecular formula is C11H20N4. The standard InChI is InChI=1S/C11H20N4/c1-11(2,3)12-7-6-10-14-13-9-5-4-8-15(9)10/h12H,4-8H2,1-3H3. The second-order valence-electron chi connectivity index (χ2n) is 5.21. The molecule has 0 fully saturated rings. The normalized spacial score (nSPS) is 15.7. The van der Waals surface area contributed by atoms with Gasteiger partial charge in [-0.2, -0.15) is 0 Å². The van der Waals surface area contributed by atoms with E-state index >= 15 is 0 Å². The Balaban J connectivity index is 1.89. The summed E-state index contributed by atoms with van der Waals surface area (Å²) in [7, 11) is 0. The molecule has 0 saturated heterocycles. The fourth-order valence-electron chi connectivity index (χ4n) is 1.94. The second kappa shape index (κ2) is 3.93. The van der Waals surface area contributed by atoms with E-state index in [4.69, 9.17) is 0 Å². The fourth-order valence-corrected chi connectivity index (χ4v) is 1.94. The molecule has 0 bridgehead atoms. The zero-order valence-electron chi connectivity index (χ0n) is 9.88. The Hall–Kier alpha value is -0.900. The molecule has 0 amide bonds. The van der Waals surface area contributed by atoms with Crippen molar-refractivity contribution in [1.82, 2.24) is 20.1 Å². The molecular weight excluding hydrogens is 188 g/mol. The number of hydrogen-bond acceptors (Lipinski definition) is 3. The molecule has 4 nitrogen and oxygen atoms in total. The minimum atomic E-state index is 0.188. The Kier molecular flexibility index (Phi) is 2.78. The van der Waals surface area contributed by atoms with Gasteiger partial charge in [-0.15, -0.1) is 10.2 Å². The molecule has 4 heteroatoms. The van der Waals surface area contributed by atoms with E-state index in [0.29, 0.717) is 0 Å². The van der Waals surface area contributed by atoms with Gasteiger partial charge in [-0.25, -0.2) is 0 Å². The first-order valence-corrected chi connectivity index (χ1v) is 5.72. The molecule has 0 aliphatic carbocycles. The van der Waals surface area contributed by atoms with Crippen LogP contribution in [0.3, 0.4) is 0 Å². The number of nitrogens with zero attached hydrogens (tertiary/aromatic N) is 3. The molecule has 0 spiro atoms. The van der Waals surface area contributed by atoms with Gasteiger partial charge in [-0.05, 0) is 27.2 Å². The predicted octanol–water partition coefficient (Wildman–Crippen LogP) is 1.15. The van der Waals surface area contributed by atoms with E-state index in [9.17, 15) is 0 Å². The van der Waals surface area contributed by atoms with Crippen LogP contribution in [0.25, 0.3) is 0 Å². The van der Waals surface area contributed by atoms with Crippen molar-refractivity contribution < 1.29 is 0 Å². The third-order valence-corrected chi connectivity index (χ3v) is 2.69. The molecule has 1 aromatic heterocycles. The third kappa shape index (κ3) is 2.56. The Morgan fingerprint density at radius 1 is 1.33 bits per heavy atom. The van der Waals surface area contributed by atoms with Crippen LogP contribution >= 0.6 is 0 Å². The van der Waals surface area contributed by atoms with Gasteiger partial charge < -0.3 is 9.88 Å². The molecule has 0 aromatic carbocycles. The van der Waals surface area contributed by atoms with Gasteiger partial charge in [-0.3, -0.25) is 0 Å². The first kappa shape index (κ1) is 10.6. The number of aryl methyl sites for hydroxylation is 1. The van der Waals surface area contributed by atoms with Gasteiger partial charge in [-0.1, -0.05) is 0 Å². The van der Waals surface area contributed by atoms with Gasteiger partial charge in [0.25, 0.3) is 0 Å². The maximum absolute atomic E-state index is 4.23. The molecule has 1 aliphatic heterocycles. The lowest BCUT2D eigenvalue weighted by atomic mass is 10.1. The highest BCUT2D eigenvalue weighted by Gasteiger charge is 2.17. The fraction of sp³-hybridized carbons (Fsp3) is 0.818. The Bertz CT molecular complexity index is 335. The predicted molar refractivity (Wildman–Crippen MR) is 59.8 cm³/mol. The summed E-state index contributed by atoms with van der Waals surface area (Å²) >= 11 is 0. The van der Waals surface area contributed by atoms with Crippen molar-refractivity contribution in [2.75, 3.05) is 6.54 Å². The Morgan fingerprint density at radius 3 is 2.87 bits per heavy atom. The van der Waals surface area contributed by atoms with Crippen molar-refractivity contribution in [3.8, 4) is 0 Å². The first-order chi connectivity index (χ1) is 7.06. The summed E-state index contributed by atoms with van der Waals surface area (Å²) in [5, 5.41) is 11.9. The summed E-state index contributed by atoms with van der Waals surface area (Å²) in [4.78, 5) is 0. The van der Waals surface area contributed by atoms with Crippen molar-refractivity contribution in [1.29, 1.82) is 0 Å². The van der Waals surface area contributed by atoms with Crippen LogP contribution in [0.2, 0.25) is 0 Å². The zero-order chi connectivity index (χ0) is 10.9. The average Bonchev–Trinajstić information content (AvgIpc) is 2.66. The van der Waals surface area contributed by atoms with Crippen LogP contribution < -0.4 is 5.32 Å². The molecule has 0 saturated carbocycles. The van der Waals surface area contributed by atoms with Gasteiger partial charge in [0.1, 0.15) is 11.6 Å². The molecule has 0 radical (unpaired) electrons. The lowest BCUT2D eigenvalue weighted by Gasteiger charge is -2.20. The molecule has 15 heavy (non-hydrogen) atoms. The number of hydrogen-bond donors (Lipinski definition) is 1. The molecule has 2 rings (SSSR count). The molecule has 2 heterocycles. The molecule has 1 aliphatic rings. The van der Waals surface area contributed by atoms with Gasteiger partial charge in [0.05, 0.1) is 0 Å². The summed E-state index contributed by atoms with van der Waals surface area (Å²) in [6.07, 6.45) is 3.30. The van der Waals surface area contributed by atoms with Crippen LogP contribution in [-0.4, -0.2) is 26.8 Å². The highest BCUT2D eigenvalue weighted by atomic mass is 15.3.